The normalized spacial score (nSPS) is 16.9. The molecule has 1 aliphatic rings. The van der Waals surface area contributed by atoms with E-state index in [0.717, 1.165) is 11.1 Å². The molecule has 0 aliphatic carbocycles. The van der Waals surface area contributed by atoms with Gasteiger partial charge < -0.3 is 19.2 Å². The molecule has 4 aromatic rings. The van der Waals surface area contributed by atoms with Gasteiger partial charge in [-0.3, -0.25) is 14.6 Å². The van der Waals surface area contributed by atoms with Gasteiger partial charge >= 0.3 is 0 Å². The van der Waals surface area contributed by atoms with Crippen LogP contribution >= 0.6 is 0 Å². The monoisotopic (exact) mass is 480 g/mol. The molecule has 5 rings (SSSR count). The average Bonchev–Trinajstić information content (AvgIpc) is 3.50. The standard InChI is InChI=1S/C29H24N2O5/c1-19-5-2-6-20(15-19)18-36-23-11-9-21(10-12-23)27(32)25-26(22-7-3-13-30-16-22)31(29(34)28(25)33)17-24-8-4-14-35-24/h2-16,26,32H,17-18H2,1H3/b27-25-. The number of ketones is 1. The first-order valence-electron chi connectivity index (χ1n) is 11.5. The van der Waals surface area contributed by atoms with E-state index in [9.17, 15) is 14.7 Å². The van der Waals surface area contributed by atoms with Crippen molar-refractivity contribution < 1.29 is 23.8 Å². The third kappa shape index (κ3) is 4.63. The van der Waals surface area contributed by atoms with Crippen LogP contribution in [0.3, 0.4) is 0 Å². The number of hydrogen-bond donors (Lipinski definition) is 1. The lowest BCUT2D eigenvalue weighted by molar-refractivity contribution is -0.140. The van der Waals surface area contributed by atoms with E-state index in [1.165, 1.54) is 11.2 Å². The number of amides is 1. The van der Waals surface area contributed by atoms with Gasteiger partial charge in [-0.1, -0.05) is 35.9 Å². The van der Waals surface area contributed by atoms with Crippen molar-refractivity contribution in [3.05, 3.63) is 125 Å². The second kappa shape index (κ2) is 9.92. The van der Waals surface area contributed by atoms with Crippen molar-refractivity contribution in [1.29, 1.82) is 0 Å². The first-order chi connectivity index (χ1) is 17.5. The number of aliphatic hydroxyl groups is 1. The number of Topliss-reactive ketones (excluding diaryl/α,β-unsaturated/α-hetero) is 1. The highest BCUT2D eigenvalue weighted by atomic mass is 16.5. The fourth-order valence-corrected chi connectivity index (χ4v) is 4.33. The molecular weight excluding hydrogens is 456 g/mol. The van der Waals surface area contributed by atoms with Crippen molar-refractivity contribution in [2.45, 2.75) is 26.1 Å². The zero-order valence-corrected chi connectivity index (χ0v) is 19.6. The topological polar surface area (TPSA) is 92.9 Å². The molecule has 0 bridgehead atoms. The molecule has 7 nitrogen and oxygen atoms in total. The zero-order valence-electron chi connectivity index (χ0n) is 19.6. The van der Waals surface area contributed by atoms with E-state index >= 15 is 0 Å². The predicted molar refractivity (Wildman–Crippen MR) is 133 cm³/mol. The van der Waals surface area contributed by atoms with Crippen molar-refractivity contribution in [1.82, 2.24) is 9.88 Å². The lowest BCUT2D eigenvalue weighted by atomic mass is 9.96. The van der Waals surface area contributed by atoms with Crippen LogP contribution in [0.2, 0.25) is 0 Å². The fourth-order valence-electron chi connectivity index (χ4n) is 4.33. The first-order valence-corrected chi connectivity index (χ1v) is 11.5. The number of hydrogen-bond acceptors (Lipinski definition) is 6. The van der Waals surface area contributed by atoms with E-state index in [1.807, 2.05) is 25.1 Å². The van der Waals surface area contributed by atoms with E-state index < -0.39 is 17.7 Å². The highest BCUT2D eigenvalue weighted by molar-refractivity contribution is 6.46. The summed E-state index contributed by atoms with van der Waals surface area (Å²) in [5, 5.41) is 11.2. The molecule has 2 aromatic carbocycles. The molecule has 2 aromatic heterocycles. The summed E-state index contributed by atoms with van der Waals surface area (Å²) < 4.78 is 11.3. The molecule has 180 valence electrons. The van der Waals surface area contributed by atoms with Crippen LogP contribution in [0.1, 0.15) is 34.1 Å². The molecule has 0 spiro atoms. The van der Waals surface area contributed by atoms with Crippen LogP contribution in [0, 0.1) is 6.92 Å². The number of furan rings is 1. The third-order valence-corrected chi connectivity index (χ3v) is 6.06. The molecule has 0 radical (unpaired) electrons. The summed E-state index contributed by atoms with van der Waals surface area (Å²) in [6.07, 6.45) is 4.70. The molecule has 3 heterocycles. The molecule has 1 atom stereocenters. The summed E-state index contributed by atoms with van der Waals surface area (Å²) in [7, 11) is 0. The number of carbonyl (C=O) groups is 2. The second-order valence-corrected chi connectivity index (χ2v) is 8.59. The largest absolute Gasteiger partial charge is 0.507 e. The van der Waals surface area contributed by atoms with Crippen molar-refractivity contribution in [3.8, 4) is 5.75 Å². The van der Waals surface area contributed by atoms with Crippen molar-refractivity contribution in [2.75, 3.05) is 0 Å². The molecule has 7 heteroatoms. The van der Waals surface area contributed by atoms with Gasteiger partial charge in [0.25, 0.3) is 11.7 Å². The quantitative estimate of drug-likeness (QED) is 0.222. The Morgan fingerprint density at radius 1 is 1.06 bits per heavy atom. The molecule has 1 unspecified atom stereocenters. The predicted octanol–water partition coefficient (Wildman–Crippen LogP) is 5.18. The first kappa shape index (κ1) is 23.1. The Morgan fingerprint density at radius 3 is 2.58 bits per heavy atom. The van der Waals surface area contributed by atoms with Crippen LogP contribution in [0.15, 0.2) is 101 Å². The zero-order chi connectivity index (χ0) is 25.1. The molecule has 1 aliphatic heterocycles. The van der Waals surface area contributed by atoms with E-state index in [2.05, 4.69) is 11.1 Å². The summed E-state index contributed by atoms with van der Waals surface area (Å²) in [6, 6.07) is 21.0. The van der Waals surface area contributed by atoms with E-state index in [0.29, 0.717) is 29.2 Å². The molecule has 1 fully saturated rings. The molecular formula is C29H24N2O5. The van der Waals surface area contributed by atoms with Gasteiger partial charge in [0.1, 0.15) is 23.9 Å². The van der Waals surface area contributed by atoms with Crippen LogP contribution < -0.4 is 4.74 Å². The Hall–Kier alpha value is -4.65. The molecule has 0 saturated carbocycles. The number of pyridine rings is 1. The van der Waals surface area contributed by atoms with Gasteiger partial charge in [0, 0.05) is 18.0 Å². The number of aromatic nitrogens is 1. The number of aryl methyl sites for hydroxylation is 1. The SMILES string of the molecule is Cc1cccc(COc2ccc(/C(O)=C3/C(=O)C(=O)N(Cc4ccco4)C3c3cccnc3)cc2)c1. The van der Waals surface area contributed by atoms with Crippen LogP contribution in [-0.2, 0) is 22.7 Å². The number of ether oxygens (including phenoxy) is 1. The Morgan fingerprint density at radius 2 is 1.89 bits per heavy atom. The number of carbonyl (C=O) groups excluding carboxylic acids is 2. The van der Waals surface area contributed by atoms with Gasteiger partial charge in [0.05, 0.1) is 24.4 Å². The van der Waals surface area contributed by atoms with Crippen LogP contribution in [-0.4, -0.2) is 26.7 Å². The summed E-state index contributed by atoms with van der Waals surface area (Å²) >= 11 is 0. The molecule has 36 heavy (non-hydrogen) atoms. The molecule has 1 saturated heterocycles. The minimum absolute atomic E-state index is 0.00739. The Labute approximate surface area is 208 Å². The van der Waals surface area contributed by atoms with Gasteiger partial charge in [-0.15, -0.1) is 0 Å². The minimum Gasteiger partial charge on any atom is -0.507 e. The van der Waals surface area contributed by atoms with Crippen molar-refractivity contribution >= 4 is 17.4 Å². The van der Waals surface area contributed by atoms with Gasteiger partial charge in [0.2, 0.25) is 0 Å². The maximum absolute atomic E-state index is 13.1. The smallest absolute Gasteiger partial charge is 0.296 e. The van der Waals surface area contributed by atoms with E-state index in [4.69, 9.17) is 9.15 Å². The number of nitrogens with zero attached hydrogens (tertiary/aromatic N) is 2. The van der Waals surface area contributed by atoms with Gasteiger partial charge in [-0.2, -0.15) is 0 Å². The highest BCUT2D eigenvalue weighted by Gasteiger charge is 2.46. The molecule has 1 amide bonds. The Bertz CT molecular complexity index is 1410. The van der Waals surface area contributed by atoms with E-state index in [1.54, 1.807) is 60.9 Å². The Balaban J connectivity index is 1.45. The maximum Gasteiger partial charge on any atom is 0.296 e. The molecule has 1 N–H and O–H groups in total. The fraction of sp³-hybridized carbons (Fsp3) is 0.138. The summed E-state index contributed by atoms with van der Waals surface area (Å²) in [6.45, 7) is 2.52. The minimum atomic E-state index is -0.805. The summed E-state index contributed by atoms with van der Waals surface area (Å²) in [4.78, 5) is 31.7. The highest BCUT2D eigenvalue weighted by Crippen LogP contribution is 2.40. The lowest BCUT2D eigenvalue weighted by Crippen LogP contribution is -2.29. The number of aliphatic hydroxyl groups excluding tert-OH is 1. The third-order valence-electron chi connectivity index (χ3n) is 6.06. The van der Waals surface area contributed by atoms with E-state index in [-0.39, 0.29) is 17.9 Å². The maximum atomic E-state index is 13.1. The lowest BCUT2D eigenvalue weighted by Gasteiger charge is -2.24. The van der Waals surface area contributed by atoms with Gasteiger partial charge in [-0.25, -0.2) is 0 Å². The van der Waals surface area contributed by atoms with Crippen molar-refractivity contribution in [2.24, 2.45) is 0 Å². The van der Waals surface area contributed by atoms with Crippen molar-refractivity contribution in [3.63, 3.8) is 0 Å². The van der Waals surface area contributed by atoms with Crippen LogP contribution in [0.25, 0.3) is 5.76 Å². The second-order valence-electron chi connectivity index (χ2n) is 8.59. The number of benzene rings is 2. The summed E-state index contributed by atoms with van der Waals surface area (Å²) in [5.41, 5.74) is 3.23. The van der Waals surface area contributed by atoms with Crippen LogP contribution in [0.5, 0.6) is 5.75 Å². The number of rotatable bonds is 7. The number of likely N-dealkylation sites (tertiary alicyclic amines) is 1. The average molecular weight is 481 g/mol. The van der Waals surface area contributed by atoms with Gasteiger partial charge in [-0.05, 0) is 60.5 Å². The van der Waals surface area contributed by atoms with Crippen LogP contribution in [0.4, 0.5) is 0 Å². The van der Waals surface area contributed by atoms with Gasteiger partial charge in [0.15, 0.2) is 0 Å². The summed E-state index contributed by atoms with van der Waals surface area (Å²) in [5.74, 6) is -0.571. The Kier molecular flexibility index (Phi) is 6.36.